The van der Waals surface area contributed by atoms with Crippen LogP contribution >= 0.6 is 11.6 Å². The van der Waals surface area contributed by atoms with Crippen molar-refractivity contribution in [3.05, 3.63) is 28.5 Å². The van der Waals surface area contributed by atoms with Crippen molar-refractivity contribution in [1.29, 1.82) is 0 Å². The Balaban J connectivity index is 2.76. The largest absolute Gasteiger partial charge is 0.335 e. The molecule has 0 saturated heterocycles. The maximum Gasteiger partial charge on any atom is 0.195 e. The van der Waals surface area contributed by atoms with E-state index < -0.39 is 0 Å². The average molecular weight is 209 g/mol. The molecular weight excluding hydrogens is 200 g/mol. The maximum atomic E-state index is 11.1. The van der Waals surface area contributed by atoms with Crippen molar-refractivity contribution in [2.24, 2.45) is 0 Å². The monoisotopic (exact) mass is 208 g/mol. The number of carbonyl (C=O) groups is 1. The van der Waals surface area contributed by atoms with Gasteiger partial charge >= 0.3 is 0 Å². The van der Waals surface area contributed by atoms with E-state index in [4.69, 9.17) is 11.6 Å². The molecule has 2 rings (SSSR count). The molecule has 72 valence electrons. The van der Waals surface area contributed by atoms with Crippen molar-refractivity contribution in [3.8, 4) is 0 Å². The lowest BCUT2D eigenvalue weighted by Gasteiger charge is -1.94. The van der Waals surface area contributed by atoms with Crippen molar-refractivity contribution >= 4 is 28.4 Å². The van der Waals surface area contributed by atoms with Crippen LogP contribution in [0.1, 0.15) is 23.1 Å². The average Bonchev–Trinajstić information content (AvgIpc) is 2.47. The molecular formula is C10H9ClN2O. The van der Waals surface area contributed by atoms with E-state index in [-0.39, 0.29) is 5.78 Å². The predicted molar refractivity (Wildman–Crippen MR) is 55.8 cm³/mol. The normalized spacial score (nSPS) is 10.8. The number of rotatable bonds is 1. The smallest absolute Gasteiger partial charge is 0.195 e. The quantitative estimate of drug-likeness (QED) is 0.733. The fourth-order valence-electron chi connectivity index (χ4n) is 1.41. The number of Topliss-reactive ketones (excluding diaryl/α,β-unsaturated/α-hetero) is 1. The highest BCUT2D eigenvalue weighted by atomic mass is 35.5. The third-order valence-corrected chi connectivity index (χ3v) is 2.29. The van der Waals surface area contributed by atoms with Crippen LogP contribution in [-0.2, 0) is 0 Å². The molecule has 14 heavy (non-hydrogen) atoms. The van der Waals surface area contributed by atoms with Gasteiger partial charge in [0.05, 0.1) is 11.0 Å². The summed E-state index contributed by atoms with van der Waals surface area (Å²) in [7, 11) is 0. The van der Waals surface area contributed by atoms with Gasteiger partial charge in [0, 0.05) is 11.9 Å². The molecule has 3 nitrogen and oxygen atoms in total. The van der Waals surface area contributed by atoms with E-state index in [0.29, 0.717) is 10.8 Å². The number of nitrogens with zero attached hydrogens (tertiary/aromatic N) is 1. The highest BCUT2D eigenvalue weighted by Crippen LogP contribution is 2.21. The summed E-state index contributed by atoms with van der Waals surface area (Å²) in [5.41, 5.74) is 2.58. The van der Waals surface area contributed by atoms with Gasteiger partial charge in [-0.3, -0.25) is 4.79 Å². The third-order valence-electron chi connectivity index (χ3n) is 2.08. The molecule has 1 heterocycles. The standard InChI is InChI=1S/C10H9ClN2O/c1-5-3-7(11)4-8-9(5)13-10(12-8)6(2)14/h3-4H,1-2H3,(H,12,13). The van der Waals surface area contributed by atoms with Crippen LogP contribution in [0.2, 0.25) is 5.02 Å². The number of aryl methyl sites for hydroxylation is 1. The summed E-state index contributed by atoms with van der Waals surface area (Å²) in [6.07, 6.45) is 0. The number of imidazole rings is 1. The van der Waals surface area contributed by atoms with Crippen LogP contribution in [0.5, 0.6) is 0 Å². The zero-order valence-electron chi connectivity index (χ0n) is 7.89. The Kier molecular flexibility index (Phi) is 2.04. The summed E-state index contributed by atoms with van der Waals surface area (Å²) >= 11 is 5.88. The number of benzene rings is 1. The van der Waals surface area contributed by atoms with E-state index in [1.54, 1.807) is 6.07 Å². The molecule has 1 aromatic heterocycles. The minimum atomic E-state index is -0.0725. The third kappa shape index (κ3) is 1.40. The molecule has 0 spiro atoms. The van der Waals surface area contributed by atoms with E-state index in [0.717, 1.165) is 16.6 Å². The molecule has 2 aromatic rings. The SMILES string of the molecule is CC(=O)c1nc2c(C)cc(Cl)cc2[nH]1. The summed E-state index contributed by atoms with van der Waals surface area (Å²) in [5, 5.41) is 0.647. The summed E-state index contributed by atoms with van der Waals surface area (Å²) in [6, 6.07) is 3.60. The molecule has 0 saturated carbocycles. The Bertz CT molecular complexity index is 516. The predicted octanol–water partition coefficient (Wildman–Crippen LogP) is 2.73. The van der Waals surface area contributed by atoms with Crippen LogP contribution in [-0.4, -0.2) is 15.8 Å². The number of H-pyrrole nitrogens is 1. The summed E-state index contributed by atoms with van der Waals surface area (Å²) in [5.74, 6) is 0.307. The lowest BCUT2D eigenvalue weighted by Crippen LogP contribution is -1.93. The Hall–Kier alpha value is -1.35. The molecule has 0 fully saturated rings. The van der Waals surface area contributed by atoms with Gasteiger partial charge in [0.25, 0.3) is 0 Å². The van der Waals surface area contributed by atoms with Crippen LogP contribution in [0.25, 0.3) is 11.0 Å². The first-order valence-electron chi connectivity index (χ1n) is 4.25. The summed E-state index contributed by atoms with van der Waals surface area (Å²) in [6.45, 7) is 3.40. The Morgan fingerprint density at radius 2 is 2.21 bits per heavy atom. The van der Waals surface area contributed by atoms with Crippen LogP contribution < -0.4 is 0 Å². The topological polar surface area (TPSA) is 45.8 Å². The molecule has 0 aliphatic rings. The van der Waals surface area contributed by atoms with Crippen LogP contribution in [0.15, 0.2) is 12.1 Å². The second-order valence-electron chi connectivity index (χ2n) is 3.26. The van der Waals surface area contributed by atoms with Gasteiger partial charge in [-0.1, -0.05) is 11.6 Å². The second kappa shape index (κ2) is 3.10. The molecule has 0 aliphatic carbocycles. The van der Waals surface area contributed by atoms with Crippen molar-refractivity contribution < 1.29 is 4.79 Å². The van der Waals surface area contributed by atoms with Crippen molar-refractivity contribution in [3.63, 3.8) is 0 Å². The summed E-state index contributed by atoms with van der Waals surface area (Å²) in [4.78, 5) is 18.2. The van der Waals surface area contributed by atoms with Gasteiger partial charge in [-0.25, -0.2) is 4.98 Å². The number of carbonyl (C=O) groups excluding carboxylic acids is 1. The van der Waals surface area contributed by atoms with E-state index in [1.165, 1.54) is 6.92 Å². The summed E-state index contributed by atoms with van der Waals surface area (Å²) < 4.78 is 0. The molecule has 0 aliphatic heterocycles. The first kappa shape index (κ1) is 9.21. The maximum absolute atomic E-state index is 11.1. The van der Waals surface area contributed by atoms with E-state index in [2.05, 4.69) is 9.97 Å². The molecule has 0 radical (unpaired) electrons. The Morgan fingerprint density at radius 1 is 1.50 bits per heavy atom. The van der Waals surface area contributed by atoms with Gasteiger partial charge in [0.2, 0.25) is 0 Å². The van der Waals surface area contributed by atoms with Crippen LogP contribution in [0.3, 0.4) is 0 Å². The molecule has 0 bridgehead atoms. The van der Waals surface area contributed by atoms with E-state index >= 15 is 0 Å². The van der Waals surface area contributed by atoms with E-state index in [9.17, 15) is 4.79 Å². The van der Waals surface area contributed by atoms with Gasteiger partial charge < -0.3 is 4.98 Å². The lowest BCUT2D eigenvalue weighted by atomic mass is 10.2. The highest BCUT2D eigenvalue weighted by Gasteiger charge is 2.08. The van der Waals surface area contributed by atoms with Crippen molar-refractivity contribution in [2.75, 3.05) is 0 Å². The molecule has 0 atom stereocenters. The van der Waals surface area contributed by atoms with Gasteiger partial charge in [-0.2, -0.15) is 0 Å². The highest BCUT2D eigenvalue weighted by molar-refractivity contribution is 6.31. The number of hydrogen-bond acceptors (Lipinski definition) is 2. The zero-order chi connectivity index (χ0) is 10.3. The molecule has 1 N–H and O–H groups in total. The Morgan fingerprint density at radius 3 is 2.86 bits per heavy atom. The molecule has 0 amide bonds. The minimum absolute atomic E-state index is 0.0725. The Labute approximate surface area is 86.1 Å². The van der Waals surface area contributed by atoms with Crippen molar-refractivity contribution in [1.82, 2.24) is 9.97 Å². The number of aromatic nitrogens is 2. The number of aromatic amines is 1. The first-order chi connectivity index (χ1) is 6.58. The van der Waals surface area contributed by atoms with Gasteiger partial charge in [-0.05, 0) is 24.6 Å². The molecule has 0 unspecified atom stereocenters. The number of ketones is 1. The fraction of sp³-hybridized carbons (Fsp3) is 0.200. The number of hydrogen-bond donors (Lipinski definition) is 1. The zero-order valence-corrected chi connectivity index (χ0v) is 8.64. The first-order valence-corrected chi connectivity index (χ1v) is 4.62. The lowest BCUT2D eigenvalue weighted by molar-refractivity contribution is 0.100. The number of halogens is 1. The fourth-order valence-corrected chi connectivity index (χ4v) is 1.69. The van der Waals surface area contributed by atoms with E-state index in [1.807, 2.05) is 13.0 Å². The van der Waals surface area contributed by atoms with Gasteiger partial charge in [0.1, 0.15) is 0 Å². The number of fused-ring (bicyclic) bond motifs is 1. The van der Waals surface area contributed by atoms with Crippen LogP contribution in [0.4, 0.5) is 0 Å². The number of nitrogens with one attached hydrogen (secondary N) is 1. The molecule has 4 heteroatoms. The second-order valence-corrected chi connectivity index (χ2v) is 3.70. The van der Waals surface area contributed by atoms with Crippen molar-refractivity contribution in [2.45, 2.75) is 13.8 Å². The van der Waals surface area contributed by atoms with Gasteiger partial charge in [-0.15, -0.1) is 0 Å². The van der Waals surface area contributed by atoms with Gasteiger partial charge in [0.15, 0.2) is 11.6 Å². The minimum Gasteiger partial charge on any atom is -0.335 e. The molecule has 1 aromatic carbocycles. The van der Waals surface area contributed by atoms with Crippen LogP contribution in [0, 0.1) is 6.92 Å².